The van der Waals surface area contributed by atoms with Gasteiger partial charge in [-0.3, -0.25) is 0 Å². The normalized spacial score (nSPS) is 10.8. The molecular formula is C14H11BrN2O2. The molecule has 3 aromatic rings. The Labute approximate surface area is 118 Å². The Balaban J connectivity index is 2.19. The second kappa shape index (κ2) is 4.59. The van der Waals surface area contributed by atoms with E-state index in [2.05, 4.69) is 21.1 Å². The molecule has 0 spiro atoms. The van der Waals surface area contributed by atoms with Gasteiger partial charge in [0, 0.05) is 4.47 Å². The van der Waals surface area contributed by atoms with Gasteiger partial charge in [-0.1, -0.05) is 33.2 Å². The Bertz CT molecular complexity index is 713. The van der Waals surface area contributed by atoms with Crippen molar-refractivity contribution in [3.63, 3.8) is 0 Å². The van der Waals surface area contributed by atoms with E-state index in [1.54, 1.807) is 6.26 Å². The molecule has 5 heteroatoms. The maximum absolute atomic E-state index is 5.89. The van der Waals surface area contributed by atoms with Crippen molar-refractivity contribution in [2.24, 2.45) is 0 Å². The minimum atomic E-state index is 0.285. The van der Waals surface area contributed by atoms with Crippen molar-refractivity contribution in [1.82, 2.24) is 5.16 Å². The molecule has 19 heavy (non-hydrogen) atoms. The Morgan fingerprint density at radius 3 is 2.53 bits per heavy atom. The number of aromatic nitrogens is 1. The van der Waals surface area contributed by atoms with Crippen LogP contribution in [0.3, 0.4) is 0 Å². The van der Waals surface area contributed by atoms with Crippen LogP contribution >= 0.6 is 15.9 Å². The molecule has 0 bridgehead atoms. The third kappa shape index (κ3) is 2.06. The predicted molar refractivity (Wildman–Crippen MR) is 76.5 cm³/mol. The lowest BCUT2D eigenvalue weighted by atomic mass is 10.0. The van der Waals surface area contributed by atoms with E-state index in [9.17, 15) is 0 Å². The second-order valence-electron chi connectivity index (χ2n) is 4.21. The molecule has 2 heterocycles. The third-order valence-electron chi connectivity index (χ3n) is 2.93. The van der Waals surface area contributed by atoms with Crippen LogP contribution in [0.5, 0.6) is 0 Å². The van der Waals surface area contributed by atoms with Gasteiger partial charge in [0.15, 0.2) is 11.5 Å². The average molecular weight is 319 g/mol. The molecule has 2 N–H and O–H groups in total. The summed E-state index contributed by atoms with van der Waals surface area (Å²) in [5.74, 6) is 0.964. The highest BCUT2D eigenvalue weighted by Crippen LogP contribution is 2.37. The van der Waals surface area contributed by atoms with Crippen LogP contribution in [-0.4, -0.2) is 5.16 Å². The van der Waals surface area contributed by atoms with Crippen molar-refractivity contribution in [3.05, 3.63) is 46.6 Å². The molecule has 0 saturated heterocycles. The van der Waals surface area contributed by atoms with Gasteiger partial charge in [-0.15, -0.1) is 0 Å². The van der Waals surface area contributed by atoms with Gasteiger partial charge in [0.25, 0.3) is 0 Å². The predicted octanol–water partition coefficient (Wildman–Crippen LogP) is 4.25. The van der Waals surface area contributed by atoms with Crippen LogP contribution in [0.25, 0.3) is 22.6 Å². The molecule has 0 aliphatic carbocycles. The lowest BCUT2D eigenvalue weighted by Crippen LogP contribution is -1.87. The number of aryl methyl sites for hydroxylation is 1. The maximum atomic E-state index is 5.89. The molecule has 0 saturated carbocycles. The first kappa shape index (κ1) is 12.0. The number of anilines is 1. The number of benzene rings is 1. The quantitative estimate of drug-likeness (QED) is 0.766. The molecule has 0 unspecified atom stereocenters. The number of nitrogens with two attached hydrogens (primary N) is 1. The van der Waals surface area contributed by atoms with Crippen LogP contribution in [0.15, 0.2) is 50.0 Å². The highest BCUT2D eigenvalue weighted by molar-refractivity contribution is 9.10. The number of nitrogens with zero attached hydrogens (tertiary/aromatic N) is 1. The van der Waals surface area contributed by atoms with Crippen LogP contribution in [0.4, 0.5) is 5.88 Å². The molecule has 0 atom stereocenters. The Hall–Kier alpha value is -2.01. The minimum Gasteiger partial charge on any atom is -0.462 e. The standard InChI is InChI=1S/C14H11BrN2O2/c1-8-6-7-18-13(8)12-11(14(16)19-17-12)9-2-4-10(15)5-3-9/h2-7H,16H2,1H3. The van der Waals surface area contributed by atoms with Gasteiger partial charge in [-0.25, -0.2) is 0 Å². The lowest BCUT2D eigenvalue weighted by Gasteiger charge is -2.02. The minimum absolute atomic E-state index is 0.285. The Morgan fingerprint density at radius 2 is 1.89 bits per heavy atom. The molecule has 0 fully saturated rings. The van der Waals surface area contributed by atoms with Crippen molar-refractivity contribution in [1.29, 1.82) is 0 Å². The van der Waals surface area contributed by atoms with E-state index in [4.69, 9.17) is 14.7 Å². The molecule has 0 radical (unpaired) electrons. The van der Waals surface area contributed by atoms with Crippen molar-refractivity contribution >= 4 is 21.8 Å². The summed E-state index contributed by atoms with van der Waals surface area (Å²) < 4.78 is 11.6. The van der Waals surface area contributed by atoms with Gasteiger partial charge in [0.05, 0.1) is 11.8 Å². The van der Waals surface area contributed by atoms with E-state index in [-0.39, 0.29) is 5.88 Å². The fourth-order valence-corrected chi connectivity index (χ4v) is 2.23. The largest absolute Gasteiger partial charge is 0.462 e. The zero-order valence-corrected chi connectivity index (χ0v) is 11.8. The zero-order valence-electron chi connectivity index (χ0n) is 10.2. The number of furan rings is 1. The summed E-state index contributed by atoms with van der Waals surface area (Å²) in [5, 5.41) is 4.01. The van der Waals surface area contributed by atoms with Crippen molar-refractivity contribution in [2.75, 3.05) is 5.73 Å². The van der Waals surface area contributed by atoms with Crippen LogP contribution in [0.1, 0.15) is 5.56 Å². The van der Waals surface area contributed by atoms with E-state index in [0.29, 0.717) is 11.5 Å². The van der Waals surface area contributed by atoms with Crippen LogP contribution in [-0.2, 0) is 0 Å². The van der Waals surface area contributed by atoms with Gasteiger partial charge >= 0.3 is 0 Å². The monoisotopic (exact) mass is 318 g/mol. The second-order valence-corrected chi connectivity index (χ2v) is 5.13. The van der Waals surface area contributed by atoms with E-state index < -0.39 is 0 Å². The van der Waals surface area contributed by atoms with Gasteiger partial charge in [-0.2, -0.15) is 0 Å². The first-order valence-electron chi connectivity index (χ1n) is 5.72. The fraction of sp³-hybridized carbons (Fsp3) is 0.0714. The number of rotatable bonds is 2. The smallest absolute Gasteiger partial charge is 0.230 e. The van der Waals surface area contributed by atoms with Gasteiger partial charge in [-0.05, 0) is 36.2 Å². The number of nitrogen functional groups attached to an aromatic ring is 1. The summed E-state index contributed by atoms with van der Waals surface area (Å²) in [6.45, 7) is 1.95. The maximum Gasteiger partial charge on any atom is 0.230 e. The van der Waals surface area contributed by atoms with E-state index in [1.807, 2.05) is 37.3 Å². The topological polar surface area (TPSA) is 65.2 Å². The van der Waals surface area contributed by atoms with Crippen LogP contribution in [0, 0.1) is 6.92 Å². The molecule has 96 valence electrons. The molecule has 2 aromatic heterocycles. The summed E-state index contributed by atoms with van der Waals surface area (Å²) >= 11 is 3.41. The summed E-state index contributed by atoms with van der Waals surface area (Å²) in [4.78, 5) is 0. The molecule has 4 nitrogen and oxygen atoms in total. The molecule has 0 aliphatic rings. The van der Waals surface area contributed by atoms with Gasteiger partial charge in [0.2, 0.25) is 5.88 Å². The fourth-order valence-electron chi connectivity index (χ4n) is 1.97. The molecule has 0 amide bonds. The van der Waals surface area contributed by atoms with E-state index in [1.165, 1.54) is 0 Å². The first-order valence-corrected chi connectivity index (χ1v) is 6.51. The van der Waals surface area contributed by atoms with Crippen LogP contribution in [0.2, 0.25) is 0 Å². The Kier molecular flexibility index (Phi) is 2.91. The summed E-state index contributed by atoms with van der Waals surface area (Å²) in [7, 11) is 0. The number of halogens is 1. The van der Waals surface area contributed by atoms with E-state index >= 15 is 0 Å². The highest BCUT2D eigenvalue weighted by Gasteiger charge is 2.20. The third-order valence-corrected chi connectivity index (χ3v) is 3.46. The molecule has 1 aromatic carbocycles. The highest BCUT2D eigenvalue weighted by atomic mass is 79.9. The first-order chi connectivity index (χ1) is 9.16. The van der Waals surface area contributed by atoms with E-state index in [0.717, 1.165) is 21.2 Å². The number of hydrogen-bond acceptors (Lipinski definition) is 4. The zero-order chi connectivity index (χ0) is 13.4. The number of hydrogen-bond donors (Lipinski definition) is 1. The average Bonchev–Trinajstić information content (AvgIpc) is 2.97. The lowest BCUT2D eigenvalue weighted by molar-refractivity contribution is 0.435. The van der Waals surface area contributed by atoms with Gasteiger partial charge in [0.1, 0.15) is 0 Å². The summed E-state index contributed by atoms with van der Waals surface area (Å²) in [6.07, 6.45) is 1.63. The molecule has 0 aliphatic heterocycles. The van der Waals surface area contributed by atoms with Crippen LogP contribution < -0.4 is 5.73 Å². The van der Waals surface area contributed by atoms with Crippen molar-refractivity contribution < 1.29 is 8.94 Å². The Morgan fingerprint density at radius 1 is 1.16 bits per heavy atom. The summed E-state index contributed by atoms with van der Waals surface area (Å²) in [5.41, 5.74) is 9.20. The SMILES string of the molecule is Cc1ccoc1-c1noc(N)c1-c1ccc(Br)cc1. The summed E-state index contributed by atoms with van der Waals surface area (Å²) in [6, 6.07) is 9.68. The van der Waals surface area contributed by atoms with Gasteiger partial charge < -0.3 is 14.7 Å². The van der Waals surface area contributed by atoms with Crippen molar-refractivity contribution in [3.8, 4) is 22.6 Å². The molecule has 3 rings (SSSR count). The molecular weight excluding hydrogens is 308 g/mol. The van der Waals surface area contributed by atoms with Crippen molar-refractivity contribution in [2.45, 2.75) is 6.92 Å².